The van der Waals surface area contributed by atoms with E-state index >= 15 is 0 Å². The third-order valence-electron chi connectivity index (χ3n) is 2.87. The first-order valence-corrected chi connectivity index (χ1v) is 8.44. The van der Waals surface area contributed by atoms with Gasteiger partial charge in [-0.3, -0.25) is 10.1 Å². The number of thioether (sulfide) groups is 1. The van der Waals surface area contributed by atoms with Crippen LogP contribution >= 0.6 is 23.3 Å². The van der Waals surface area contributed by atoms with E-state index in [-0.39, 0.29) is 5.91 Å². The normalized spacial score (nSPS) is 10.4. The van der Waals surface area contributed by atoms with Gasteiger partial charge in [0.1, 0.15) is 0 Å². The maximum absolute atomic E-state index is 12.0. The number of carbonyl (C=O) groups is 1. The van der Waals surface area contributed by atoms with Crippen LogP contribution in [0.2, 0.25) is 0 Å². The van der Waals surface area contributed by atoms with E-state index in [9.17, 15) is 4.79 Å². The Morgan fingerprint density at radius 2 is 1.73 bits per heavy atom. The first-order valence-electron chi connectivity index (χ1n) is 6.68. The number of carbonyl (C=O) groups excluding carboxylic acids is 1. The highest BCUT2D eigenvalue weighted by Gasteiger charge is 2.10. The molecule has 0 aliphatic rings. The van der Waals surface area contributed by atoms with E-state index < -0.39 is 0 Å². The average Bonchev–Trinajstić information content (AvgIpc) is 3.02. The third-order valence-corrected chi connectivity index (χ3v) is 4.54. The first-order chi connectivity index (χ1) is 10.8. The van der Waals surface area contributed by atoms with Gasteiger partial charge in [0.05, 0.1) is 0 Å². The molecule has 0 saturated carbocycles. The summed E-state index contributed by atoms with van der Waals surface area (Å²) in [6.07, 6.45) is 0. The summed E-state index contributed by atoms with van der Waals surface area (Å²) in [6, 6.07) is 19.2. The third kappa shape index (κ3) is 3.93. The molecule has 4 nitrogen and oxygen atoms in total. The van der Waals surface area contributed by atoms with Crippen molar-refractivity contribution in [3.05, 3.63) is 71.8 Å². The molecule has 1 aromatic heterocycles. The first kappa shape index (κ1) is 14.7. The lowest BCUT2D eigenvalue weighted by atomic mass is 10.2. The van der Waals surface area contributed by atoms with Crippen LogP contribution < -0.4 is 5.32 Å². The zero-order chi connectivity index (χ0) is 15.2. The van der Waals surface area contributed by atoms with Crippen LogP contribution in [-0.2, 0) is 5.75 Å². The monoisotopic (exact) mass is 327 g/mol. The number of aromatic nitrogens is 2. The number of rotatable bonds is 5. The molecule has 3 rings (SSSR count). The second kappa shape index (κ2) is 7.20. The summed E-state index contributed by atoms with van der Waals surface area (Å²) in [6.45, 7) is 0. The highest BCUT2D eigenvalue weighted by atomic mass is 32.2. The van der Waals surface area contributed by atoms with Crippen LogP contribution in [0.25, 0.3) is 0 Å². The van der Waals surface area contributed by atoms with Gasteiger partial charge in [-0.1, -0.05) is 60.3 Å². The minimum Gasteiger partial charge on any atom is -0.297 e. The number of benzene rings is 2. The van der Waals surface area contributed by atoms with Gasteiger partial charge >= 0.3 is 0 Å². The van der Waals surface area contributed by atoms with Gasteiger partial charge in [0, 0.05) is 22.8 Å². The van der Waals surface area contributed by atoms with E-state index in [0.717, 1.165) is 5.75 Å². The molecule has 0 spiro atoms. The molecule has 1 amide bonds. The van der Waals surface area contributed by atoms with E-state index in [1.54, 1.807) is 23.9 Å². The van der Waals surface area contributed by atoms with Crippen molar-refractivity contribution in [3.8, 4) is 0 Å². The molecule has 0 bridgehead atoms. The minimum absolute atomic E-state index is 0.170. The van der Waals surface area contributed by atoms with E-state index in [0.29, 0.717) is 15.9 Å². The lowest BCUT2D eigenvalue weighted by molar-refractivity contribution is 0.102. The van der Waals surface area contributed by atoms with Gasteiger partial charge in [-0.05, 0) is 17.7 Å². The molecule has 6 heteroatoms. The smallest absolute Gasteiger partial charge is 0.257 e. The van der Waals surface area contributed by atoms with E-state index in [4.69, 9.17) is 0 Å². The highest BCUT2D eigenvalue weighted by molar-refractivity contribution is 7.98. The summed E-state index contributed by atoms with van der Waals surface area (Å²) in [5, 5.41) is 3.97. The van der Waals surface area contributed by atoms with Crippen LogP contribution in [0.3, 0.4) is 0 Å². The fraction of sp³-hybridized carbons (Fsp3) is 0.0625. The molecule has 1 N–H and O–H groups in total. The molecular weight excluding hydrogens is 314 g/mol. The number of hydrogen-bond donors (Lipinski definition) is 1. The van der Waals surface area contributed by atoms with Gasteiger partial charge < -0.3 is 0 Å². The van der Waals surface area contributed by atoms with Crippen molar-refractivity contribution in [1.82, 2.24) is 9.36 Å². The number of amides is 1. The Labute approximate surface area is 136 Å². The zero-order valence-corrected chi connectivity index (χ0v) is 13.2. The largest absolute Gasteiger partial charge is 0.297 e. The topological polar surface area (TPSA) is 54.9 Å². The summed E-state index contributed by atoms with van der Waals surface area (Å²) < 4.78 is 4.26. The molecular formula is C16H13N3OS2. The van der Waals surface area contributed by atoms with Gasteiger partial charge in [-0.25, -0.2) is 0 Å². The zero-order valence-electron chi connectivity index (χ0n) is 11.6. The van der Waals surface area contributed by atoms with Gasteiger partial charge in [-0.2, -0.15) is 9.36 Å². The molecule has 110 valence electrons. The lowest BCUT2D eigenvalue weighted by Crippen LogP contribution is -2.11. The fourth-order valence-electron chi connectivity index (χ4n) is 1.80. The summed E-state index contributed by atoms with van der Waals surface area (Å²) in [4.78, 5) is 16.4. The number of nitrogens with one attached hydrogen (secondary N) is 1. The predicted octanol–water partition coefficient (Wildman–Crippen LogP) is 4.08. The second-order valence-corrected chi connectivity index (χ2v) is 6.17. The molecule has 2 aromatic carbocycles. The van der Waals surface area contributed by atoms with Crippen LogP contribution in [0, 0.1) is 0 Å². The molecule has 0 aliphatic heterocycles. The molecule has 0 atom stereocenters. The SMILES string of the molecule is O=C(Nc1nc(SCc2ccccc2)ns1)c1ccccc1. The summed E-state index contributed by atoms with van der Waals surface area (Å²) in [5.41, 5.74) is 1.83. The van der Waals surface area contributed by atoms with Crippen molar-refractivity contribution >= 4 is 34.3 Å². The number of nitrogens with zero attached hydrogens (tertiary/aromatic N) is 2. The van der Waals surface area contributed by atoms with Crippen molar-refractivity contribution in [2.24, 2.45) is 0 Å². The Hall–Kier alpha value is -2.18. The molecule has 0 saturated heterocycles. The van der Waals surface area contributed by atoms with E-state index in [1.165, 1.54) is 17.1 Å². The van der Waals surface area contributed by atoms with Crippen LogP contribution in [0.15, 0.2) is 65.8 Å². The Morgan fingerprint density at radius 3 is 2.45 bits per heavy atom. The summed E-state index contributed by atoms with van der Waals surface area (Å²) in [5.74, 6) is 0.639. The van der Waals surface area contributed by atoms with E-state index in [2.05, 4.69) is 26.8 Å². The highest BCUT2D eigenvalue weighted by Crippen LogP contribution is 2.23. The van der Waals surface area contributed by atoms with Crippen LogP contribution in [0.4, 0.5) is 5.13 Å². The molecule has 0 unspecified atom stereocenters. The van der Waals surface area contributed by atoms with Crippen molar-refractivity contribution in [2.45, 2.75) is 10.9 Å². The minimum atomic E-state index is -0.170. The Kier molecular flexibility index (Phi) is 4.82. The van der Waals surface area contributed by atoms with Crippen molar-refractivity contribution < 1.29 is 4.79 Å². The molecule has 1 heterocycles. The van der Waals surface area contributed by atoms with Gasteiger partial charge in [-0.15, -0.1) is 0 Å². The van der Waals surface area contributed by atoms with Crippen LogP contribution in [-0.4, -0.2) is 15.3 Å². The second-order valence-electron chi connectivity index (χ2n) is 4.48. The van der Waals surface area contributed by atoms with Crippen LogP contribution in [0.5, 0.6) is 0 Å². The Balaban J connectivity index is 1.58. The molecule has 0 radical (unpaired) electrons. The van der Waals surface area contributed by atoms with Gasteiger partial charge in [0.15, 0.2) is 0 Å². The van der Waals surface area contributed by atoms with Crippen molar-refractivity contribution in [3.63, 3.8) is 0 Å². The van der Waals surface area contributed by atoms with Gasteiger partial charge in [0.2, 0.25) is 10.3 Å². The van der Waals surface area contributed by atoms with Gasteiger partial charge in [0.25, 0.3) is 5.91 Å². The lowest BCUT2D eigenvalue weighted by Gasteiger charge is -2.00. The van der Waals surface area contributed by atoms with Crippen molar-refractivity contribution in [2.75, 3.05) is 5.32 Å². The van der Waals surface area contributed by atoms with Crippen molar-refractivity contribution in [1.29, 1.82) is 0 Å². The average molecular weight is 327 g/mol. The molecule has 0 aliphatic carbocycles. The van der Waals surface area contributed by atoms with E-state index in [1.807, 2.05) is 36.4 Å². The Bertz CT molecular complexity index is 744. The number of hydrogen-bond acceptors (Lipinski definition) is 5. The maximum atomic E-state index is 12.0. The number of anilines is 1. The molecule has 22 heavy (non-hydrogen) atoms. The summed E-state index contributed by atoms with van der Waals surface area (Å²) in [7, 11) is 0. The standard InChI is InChI=1S/C16H13N3OS2/c20-14(13-9-5-2-6-10-13)17-15-18-16(19-22-15)21-11-12-7-3-1-4-8-12/h1-10H,11H2,(H,17,18,19,20). The molecule has 0 fully saturated rings. The van der Waals surface area contributed by atoms with Crippen LogP contribution in [0.1, 0.15) is 15.9 Å². The maximum Gasteiger partial charge on any atom is 0.257 e. The quantitative estimate of drug-likeness (QED) is 0.717. The molecule has 3 aromatic rings. The Morgan fingerprint density at radius 1 is 1.05 bits per heavy atom. The fourth-order valence-corrected chi connectivity index (χ4v) is 3.30. The summed E-state index contributed by atoms with van der Waals surface area (Å²) >= 11 is 2.75. The predicted molar refractivity (Wildman–Crippen MR) is 90.3 cm³/mol.